The van der Waals surface area contributed by atoms with Gasteiger partial charge in [0, 0.05) is 24.7 Å². The van der Waals surface area contributed by atoms with Crippen molar-refractivity contribution in [2.45, 2.75) is 13.0 Å². The van der Waals surface area contributed by atoms with E-state index in [9.17, 15) is 4.79 Å². The first-order valence-corrected chi connectivity index (χ1v) is 5.48. The van der Waals surface area contributed by atoms with Crippen LogP contribution in [-0.2, 0) is 9.53 Å². The van der Waals surface area contributed by atoms with Gasteiger partial charge in [0.1, 0.15) is 11.9 Å². The molecule has 1 aliphatic heterocycles. The third kappa shape index (κ3) is 2.75. The molecule has 1 aliphatic rings. The van der Waals surface area contributed by atoms with E-state index >= 15 is 0 Å². The lowest BCUT2D eigenvalue weighted by molar-refractivity contribution is -0.114. The fraction of sp³-hybridized carbons (Fsp3) is 0.417. The van der Waals surface area contributed by atoms with E-state index in [1.54, 1.807) is 7.11 Å². The van der Waals surface area contributed by atoms with Crippen molar-refractivity contribution in [2.75, 3.05) is 25.7 Å². The minimum atomic E-state index is -0.0911. The van der Waals surface area contributed by atoms with Crippen LogP contribution in [0.15, 0.2) is 18.2 Å². The lowest BCUT2D eigenvalue weighted by Gasteiger charge is -2.15. The van der Waals surface area contributed by atoms with Crippen molar-refractivity contribution in [3.05, 3.63) is 23.8 Å². The minimum Gasteiger partial charge on any atom is -0.496 e. The van der Waals surface area contributed by atoms with Crippen molar-refractivity contribution < 1.29 is 14.3 Å². The van der Waals surface area contributed by atoms with Gasteiger partial charge in [-0.1, -0.05) is 0 Å². The zero-order chi connectivity index (χ0) is 12.3. The molecule has 0 aliphatic carbocycles. The van der Waals surface area contributed by atoms with E-state index in [2.05, 4.69) is 10.6 Å². The van der Waals surface area contributed by atoms with E-state index in [4.69, 9.17) is 9.47 Å². The van der Waals surface area contributed by atoms with Crippen LogP contribution in [0.4, 0.5) is 5.69 Å². The zero-order valence-electron chi connectivity index (χ0n) is 9.95. The van der Waals surface area contributed by atoms with Gasteiger partial charge in [0.05, 0.1) is 13.8 Å². The normalized spacial score (nSPS) is 19.1. The summed E-state index contributed by atoms with van der Waals surface area (Å²) in [5.74, 6) is 0.680. The highest BCUT2D eigenvalue weighted by Crippen LogP contribution is 2.31. The molecule has 1 amide bonds. The number of carbonyl (C=O) groups is 1. The van der Waals surface area contributed by atoms with Crippen LogP contribution in [-0.4, -0.2) is 26.3 Å². The highest BCUT2D eigenvalue weighted by molar-refractivity contribution is 5.88. The number of carbonyl (C=O) groups excluding carboxylic acids is 1. The Kier molecular flexibility index (Phi) is 3.61. The van der Waals surface area contributed by atoms with Crippen LogP contribution < -0.4 is 15.4 Å². The summed E-state index contributed by atoms with van der Waals surface area (Å²) in [4.78, 5) is 11.0. The predicted molar refractivity (Wildman–Crippen MR) is 64.0 cm³/mol. The SMILES string of the molecule is COc1ccc(NC(C)=O)cc1C1CNCO1. The zero-order valence-corrected chi connectivity index (χ0v) is 9.95. The standard InChI is InChI=1S/C12H16N2O3/c1-8(15)14-9-3-4-11(16-2)10(5-9)12-6-13-7-17-12/h3-5,12-13H,6-7H2,1-2H3,(H,14,15). The van der Waals surface area contributed by atoms with Crippen LogP contribution in [0.5, 0.6) is 5.75 Å². The van der Waals surface area contributed by atoms with Gasteiger partial charge in [0.2, 0.25) is 5.91 Å². The average molecular weight is 236 g/mol. The lowest BCUT2D eigenvalue weighted by atomic mass is 10.1. The Balaban J connectivity index is 2.28. The molecule has 1 aromatic rings. The monoisotopic (exact) mass is 236 g/mol. The van der Waals surface area contributed by atoms with E-state index in [0.29, 0.717) is 6.73 Å². The lowest BCUT2D eigenvalue weighted by Crippen LogP contribution is -2.10. The molecule has 2 rings (SSSR count). The molecule has 1 saturated heterocycles. The van der Waals surface area contributed by atoms with Gasteiger partial charge in [0.25, 0.3) is 0 Å². The van der Waals surface area contributed by atoms with E-state index < -0.39 is 0 Å². The van der Waals surface area contributed by atoms with Gasteiger partial charge >= 0.3 is 0 Å². The molecule has 5 nitrogen and oxygen atoms in total. The average Bonchev–Trinajstić information content (AvgIpc) is 2.81. The first kappa shape index (κ1) is 11.9. The Morgan fingerprint density at radius 3 is 3.00 bits per heavy atom. The van der Waals surface area contributed by atoms with E-state index in [1.165, 1.54) is 6.92 Å². The maximum absolute atomic E-state index is 11.0. The summed E-state index contributed by atoms with van der Waals surface area (Å²) >= 11 is 0. The molecule has 0 radical (unpaired) electrons. The van der Waals surface area contributed by atoms with E-state index in [-0.39, 0.29) is 12.0 Å². The first-order chi connectivity index (χ1) is 8.20. The van der Waals surface area contributed by atoms with Crippen LogP contribution in [0.25, 0.3) is 0 Å². The Morgan fingerprint density at radius 1 is 1.59 bits per heavy atom. The van der Waals surface area contributed by atoms with Crippen LogP contribution in [0.1, 0.15) is 18.6 Å². The van der Waals surface area contributed by atoms with Gasteiger partial charge in [-0.2, -0.15) is 0 Å². The topological polar surface area (TPSA) is 59.6 Å². The summed E-state index contributed by atoms with van der Waals surface area (Å²) in [7, 11) is 1.62. The summed E-state index contributed by atoms with van der Waals surface area (Å²) in [5, 5.41) is 5.87. The first-order valence-electron chi connectivity index (χ1n) is 5.48. The minimum absolute atomic E-state index is 0.0290. The number of rotatable bonds is 3. The molecule has 1 unspecified atom stereocenters. The van der Waals surface area contributed by atoms with E-state index in [0.717, 1.165) is 23.5 Å². The predicted octanol–water partition coefficient (Wildman–Crippen LogP) is 1.27. The summed E-state index contributed by atoms with van der Waals surface area (Å²) in [6.45, 7) is 2.77. The van der Waals surface area contributed by atoms with Crippen molar-refractivity contribution in [1.82, 2.24) is 5.32 Å². The van der Waals surface area contributed by atoms with Gasteiger partial charge in [-0.15, -0.1) is 0 Å². The number of amides is 1. The molecular weight excluding hydrogens is 220 g/mol. The molecule has 1 fully saturated rings. The molecule has 2 N–H and O–H groups in total. The number of anilines is 1. The molecule has 0 bridgehead atoms. The molecule has 1 aromatic carbocycles. The van der Waals surface area contributed by atoms with Gasteiger partial charge < -0.3 is 14.8 Å². The van der Waals surface area contributed by atoms with Gasteiger partial charge in [-0.05, 0) is 18.2 Å². The van der Waals surface area contributed by atoms with Crippen LogP contribution in [0.2, 0.25) is 0 Å². The molecule has 0 saturated carbocycles. The van der Waals surface area contributed by atoms with Crippen molar-refractivity contribution in [3.8, 4) is 5.75 Å². The van der Waals surface area contributed by atoms with Crippen molar-refractivity contribution >= 4 is 11.6 Å². The molecule has 1 atom stereocenters. The second-order valence-electron chi connectivity index (χ2n) is 3.89. The maximum Gasteiger partial charge on any atom is 0.221 e. The number of nitrogens with one attached hydrogen (secondary N) is 2. The molecule has 0 spiro atoms. The quantitative estimate of drug-likeness (QED) is 0.829. The summed E-state index contributed by atoms with van der Waals surface area (Å²) in [5.41, 5.74) is 1.70. The Hall–Kier alpha value is -1.59. The Labute approximate surface area is 100 Å². The maximum atomic E-state index is 11.0. The Bertz CT molecular complexity index is 414. The molecule has 17 heavy (non-hydrogen) atoms. The third-order valence-corrected chi connectivity index (χ3v) is 2.61. The highest BCUT2D eigenvalue weighted by atomic mass is 16.5. The summed E-state index contributed by atoms with van der Waals surface area (Å²) in [6.07, 6.45) is -0.0290. The van der Waals surface area contributed by atoms with Crippen LogP contribution in [0.3, 0.4) is 0 Å². The number of hydrogen-bond acceptors (Lipinski definition) is 4. The Morgan fingerprint density at radius 2 is 2.41 bits per heavy atom. The largest absolute Gasteiger partial charge is 0.496 e. The van der Waals surface area contributed by atoms with Crippen molar-refractivity contribution in [3.63, 3.8) is 0 Å². The number of methoxy groups -OCH3 is 1. The smallest absolute Gasteiger partial charge is 0.221 e. The molecule has 1 heterocycles. The number of hydrogen-bond donors (Lipinski definition) is 2. The number of ether oxygens (including phenoxy) is 2. The molecule has 5 heteroatoms. The second-order valence-corrected chi connectivity index (χ2v) is 3.89. The third-order valence-electron chi connectivity index (χ3n) is 2.61. The van der Waals surface area contributed by atoms with Crippen molar-refractivity contribution in [2.24, 2.45) is 0 Å². The van der Waals surface area contributed by atoms with Gasteiger partial charge in [-0.3, -0.25) is 10.1 Å². The fourth-order valence-corrected chi connectivity index (χ4v) is 1.88. The summed E-state index contributed by atoms with van der Waals surface area (Å²) < 4.78 is 10.8. The van der Waals surface area contributed by atoms with Gasteiger partial charge in [-0.25, -0.2) is 0 Å². The van der Waals surface area contributed by atoms with Crippen LogP contribution in [0, 0.1) is 0 Å². The van der Waals surface area contributed by atoms with Gasteiger partial charge in [0.15, 0.2) is 0 Å². The van der Waals surface area contributed by atoms with Crippen molar-refractivity contribution in [1.29, 1.82) is 0 Å². The van der Waals surface area contributed by atoms with Crippen LogP contribution >= 0.6 is 0 Å². The molecular formula is C12H16N2O3. The molecule has 92 valence electrons. The highest BCUT2D eigenvalue weighted by Gasteiger charge is 2.21. The number of benzene rings is 1. The van der Waals surface area contributed by atoms with E-state index in [1.807, 2.05) is 18.2 Å². The fourth-order valence-electron chi connectivity index (χ4n) is 1.88. The second kappa shape index (κ2) is 5.16. The molecule has 0 aromatic heterocycles. The summed E-state index contributed by atoms with van der Waals surface area (Å²) in [6, 6.07) is 5.53.